The molecule has 4 nitrogen and oxygen atoms in total. The molecule has 4 heteroatoms. The maximum absolute atomic E-state index is 5.17. The average Bonchev–Trinajstić information content (AvgIpc) is 3.80. The molecule has 262 valence electrons. The summed E-state index contributed by atoms with van der Waals surface area (Å²) in [6, 6.07) is 71.2. The second-order valence-corrected chi connectivity index (χ2v) is 14.2. The van der Waals surface area contributed by atoms with Gasteiger partial charge in [-0.15, -0.1) is 0 Å². The van der Waals surface area contributed by atoms with Gasteiger partial charge in [-0.05, 0) is 95.1 Å². The first-order chi connectivity index (χ1) is 27.8. The van der Waals surface area contributed by atoms with Gasteiger partial charge >= 0.3 is 0 Å². The lowest BCUT2D eigenvalue weighted by molar-refractivity contribution is 1.17. The Balaban J connectivity index is 1.04. The third-order valence-electron chi connectivity index (χ3n) is 11.0. The summed E-state index contributed by atoms with van der Waals surface area (Å²) in [6.45, 7) is 0. The smallest absolute Gasteiger partial charge is 0.0963 e. The summed E-state index contributed by atoms with van der Waals surface area (Å²) < 4.78 is 4.70. The number of nitrogens with zero attached hydrogens (tertiary/aromatic N) is 4. The minimum atomic E-state index is 0.938. The molecule has 0 bridgehead atoms. The van der Waals surface area contributed by atoms with Gasteiger partial charge in [0.25, 0.3) is 0 Å². The van der Waals surface area contributed by atoms with Crippen LogP contribution in [-0.2, 0) is 0 Å². The third kappa shape index (κ3) is 5.23. The highest BCUT2D eigenvalue weighted by Gasteiger charge is 2.19. The lowest BCUT2D eigenvalue weighted by Crippen LogP contribution is -1.95. The Kier molecular flexibility index (Phi) is 7.46. The lowest BCUT2D eigenvalue weighted by atomic mass is 9.98. The van der Waals surface area contributed by atoms with E-state index in [0.717, 1.165) is 67.0 Å². The molecule has 4 heterocycles. The minimum Gasteiger partial charge on any atom is -0.309 e. The first kappa shape index (κ1) is 31.9. The van der Waals surface area contributed by atoms with E-state index in [4.69, 9.17) is 9.97 Å². The van der Waals surface area contributed by atoms with Crippen molar-refractivity contribution < 1.29 is 0 Å². The predicted molar refractivity (Wildman–Crippen MR) is 232 cm³/mol. The van der Waals surface area contributed by atoms with Crippen molar-refractivity contribution in [3.8, 4) is 56.1 Å². The zero-order valence-electron chi connectivity index (χ0n) is 30.4. The van der Waals surface area contributed by atoms with Crippen LogP contribution in [0.2, 0.25) is 0 Å². The van der Waals surface area contributed by atoms with Crippen molar-refractivity contribution in [3.63, 3.8) is 0 Å². The van der Waals surface area contributed by atoms with Gasteiger partial charge in [0.2, 0.25) is 0 Å². The number of para-hydroxylation sites is 2. The normalized spacial score (nSPS) is 11.6. The summed E-state index contributed by atoms with van der Waals surface area (Å²) in [6.07, 6.45) is 1.89. The second kappa shape index (κ2) is 13.1. The van der Waals surface area contributed by atoms with Gasteiger partial charge in [-0.3, -0.25) is 4.98 Å². The molecule has 0 N–H and O–H groups in total. The highest BCUT2D eigenvalue weighted by molar-refractivity contribution is 6.17. The van der Waals surface area contributed by atoms with E-state index in [2.05, 4.69) is 197 Å². The number of pyridine rings is 2. The van der Waals surface area contributed by atoms with Crippen LogP contribution < -0.4 is 0 Å². The molecule has 0 atom stereocenters. The zero-order valence-corrected chi connectivity index (χ0v) is 30.4. The molecule has 0 radical (unpaired) electrons. The van der Waals surface area contributed by atoms with Crippen LogP contribution >= 0.6 is 0 Å². The number of hydrogen-bond acceptors (Lipinski definition) is 2. The Morgan fingerprint density at radius 1 is 0.339 bits per heavy atom. The minimum absolute atomic E-state index is 0.938. The summed E-state index contributed by atoms with van der Waals surface area (Å²) in [7, 11) is 0. The molecular weight excluding hydrogens is 681 g/mol. The molecule has 0 fully saturated rings. The number of rotatable bonds is 6. The van der Waals surface area contributed by atoms with E-state index in [1.165, 1.54) is 32.9 Å². The van der Waals surface area contributed by atoms with Gasteiger partial charge in [0.05, 0.1) is 39.0 Å². The monoisotopic (exact) mass is 714 g/mol. The number of fused-ring (bicyclic) bond motifs is 6. The van der Waals surface area contributed by atoms with E-state index in [1.54, 1.807) is 0 Å². The first-order valence-electron chi connectivity index (χ1n) is 19.0. The van der Waals surface area contributed by atoms with Crippen molar-refractivity contribution in [3.05, 3.63) is 206 Å². The van der Waals surface area contributed by atoms with Crippen LogP contribution in [0, 0.1) is 0 Å². The molecule has 0 aliphatic carbocycles. The third-order valence-corrected chi connectivity index (χ3v) is 11.0. The maximum atomic E-state index is 5.17. The van der Waals surface area contributed by atoms with Crippen LogP contribution in [0.5, 0.6) is 0 Å². The number of benzene rings is 7. The van der Waals surface area contributed by atoms with E-state index < -0.39 is 0 Å². The van der Waals surface area contributed by atoms with Crippen molar-refractivity contribution in [1.82, 2.24) is 19.1 Å². The average molecular weight is 715 g/mol. The number of hydrogen-bond donors (Lipinski definition) is 0. The van der Waals surface area contributed by atoms with Gasteiger partial charge in [0.1, 0.15) is 0 Å². The van der Waals surface area contributed by atoms with Gasteiger partial charge in [-0.25, -0.2) is 4.98 Å². The van der Waals surface area contributed by atoms with Crippen LogP contribution in [0.1, 0.15) is 0 Å². The summed E-state index contributed by atoms with van der Waals surface area (Å²) in [5.41, 5.74) is 16.5. The van der Waals surface area contributed by atoms with Crippen LogP contribution in [0.25, 0.3) is 99.9 Å². The molecule has 0 spiro atoms. The fourth-order valence-corrected chi connectivity index (χ4v) is 8.41. The SMILES string of the molecule is c1ccc(-c2cc(-c3ccccc3)nc(-c3ccc(-n4c5ccc(-c6cccc7c6c6ccccc6n7-c6ccccc6)cc5c5ncccc54)cc3)c2)cc1. The molecule has 11 rings (SSSR count). The fraction of sp³-hybridized carbons (Fsp3) is 0. The van der Waals surface area contributed by atoms with Crippen molar-refractivity contribution in [1.29, 1.82) is 0 Å². The molecule has 0 saturated heterocycles. The summed E-state index contributed by atoms with van der Waals surface area (Å²) in [4.78, 5) is 10.1. The molecule has 11 aromatic rings. The second-order valence-electron chi connectivity index (χ2n) is 14.2. The Hall–Kier alpha value is -7.56. The highest BCUT2D eigenvalue weighted by atomic mass is 15.0. The molecule has 7 aromatic carbocycles. The number of aromatic nitrogens is 4. The summed E-state index contributed by atoms with van der Waals surface area (Å²) in [5.74, 6) is 0. The molecular formula is C52H34N4. The Morgan fingerprint density at radius 2 is 0.911 bits per heavy atom. The molecule has 0 saturated carbocycles. The van der Waals surface area contributed by atoms with E-state index in [0.29, 0.717) is 0 Å². The highest BCUT2D eigenvalue weighted by Crippen LogP contribution is 2.41. The van der Waals surface area contributed by atoms with Gasteiger partial charge in [0, 0.05) is 44.9 Å². The van der Waals surface area contributed by atoms with E-state index in [9.17, 15) is 0 Å². The van der Waals surface area contributed by atoms with Gasteiger partial charge in [0.15, 0.2) is 0 Å². The molecule has 0 aliphatic rings. The molecule has 0 unspecified atom stereocenters. The molecule has 4 aromatic heterocycles. The van der Waals surface area contributed by atoms with Gasteiger partial charge < -0.3 is 9.13 Å². The maximum Gasteiger partial charge on any atom is 0.0963 e. The fourth-order valence-electron chi connectivity index (χ4n) is 8.41. The van der Waals surface area contributed by atoms with Crippen molar-refractivity contribution in [2.45, 2.75) is 0 Å². The Labute approximate surface area is 324 Å². The van der Waals surface area contributed by atoms with Gasteiger partial charge in [-0.2, -0.15) is 0 Å². The van der Waals surface area contributed by atoms with E-state index >= 15 is 0 Å². The first-order valence-corrected chi connectivity index (χ1v) is 19.0. The molecule has 56 heavy (non-hydrogen) atoms. The summed E-state index contributed by atoms with van der Waals surface area (Å²) in [5, 5.41) is 3.61. The summed E-state index contributed by atoms with van der Waals surface area (Å²) >= 11 is 0. The Morgan fingerprint density at radius 3 is 1.68 bits per heavy atom. The van der Waals surface area contributed by atoms with E-state index in [-0.39, 0.29) is 0 Å². The zero-order chi connectivity index (χ0) is 37.0. The van der Waals surface area contributed by atoms with Crippen LogP contribution in [-0.4, -0.2) is 19.1 Å². The van der Waals surface area contributed by atoms with Crippen molar-refractivity contribution in [2.75, 3.05) is 0 Å². The van der Waals surface area contributed by atoms with E-state index in [1.807, 2.05) is 18.3 Å². The quantitative estimate of drug-likeness (QED) is 0.172. The van der Waals surface area contributed by atoms with Crippen LogP contribution in [0.15, 0.2) is 206 Å². The topological polar surface area (TPSA) is 35.6 Å². The molecule has 0 amide bonds. The van der Waals surface area contributed by atoms with Crippen molar-refractivity contribution in [2.24, 2.45) is 0 Å². The van der Waals surface area contributed by atoms with Gasteiger partial charge in [-0.1, -0.05) is 127 Å². The lowest BCUT2D eigenvalue weighted by Gasteiger charge is -2.12. The Bertz CT molecular complexity index is 3160. The standard InChI is InChI=1S/C52H34N4/c1-4-14-35(15-5-1)39-33-45(36-16-6-2-7-17-36)54-46(34-39)37-25-28-41(29-26-37)56-48-30-27-38(32-44(48)52-50(56)24-13-31-53-52)42-21-12-23-49-51(42)43-20-10-11-22-47(43)55(49)40-18-8-3-9-19-40/h1-34H. The van der Waals surface area contributed by atoms with Crippen LogP contribution in [0.4, 0.5) is 0 Å². The largest absolute Gasteiger partial charge is 0.309 e. The molecule has 0 aliphatic heterocycles. The van der Waals surface area contributed by atoms with Crippen LogP contribution in [0.3, 0.4) is 0 Å². The predicted octanol–water partition coefficient (Wildman–Crippen LogP) is 13.3. The van der Waals surface area contributed by atoms with Crippen molar-refractivity contribution >= 4 is 43.7 Å².